The molecule has 0 amide bonds. The van der Waals surface area contributed by atoms with E-state index in [9.17, 15) is 9.90 Å². The van der Waals surface area contributed by atoms with E-state index in [1.54, 1.807) is 38.1 Å². The van der Waals surface area contributed by atoms with Crippen LogP contribution in [0.2, 0.25) is 0 Å². The van der Waals surface area contributed by atoms with E-state index in [4.69, 9.17) is 14.0 Å². The van der Waals surface area contributed by atoms with Gasteiger partial charge in [0, 0.05) is 18.1 Å². The molecule has 158 valence electrons. The average Bonchev–Trinajstić information content (AvgIpc) is 3.21. The van der Waals surface area contributed by atoms with Gasteiger partial charge in [-0.2, -0.15) is 0 Å². The first-order valence-electron chi connectivity index (χ1n) is 10.1. The summed E-state index contributed by atoms with van der Waals surface area (Å²) < 4.78 is 16.8. The molecule has 0 bridgehead atoms. The first-order chi connectivity index (χ1) is 14.4. The van der Waals surface area contributed by atoms with E-state index in [-0.39, 0.29) is 0 Å². The first kappa shape index (κ1) is 21.4. The van der Waals surface area contributed by atoms with Gasteiger partial charge in [0.2, 0.25) is 5.60 Å². The second-order valence-corrected chi connectivity index (χ2v) is 7.46. The fourth-order valence-corrected chi connectivity index (χ4v) is 2.86. The molecule has 0 spiro atoms. The summed E-state index contributed by atoms with van der Waals surface area (Å²) in [5.41, 5.74) is 1.84. The Bertz CT molecular complexity index is 962. The summed E-state index contributed by atoms with van der Waals surface area (Å²) in [5.74, 6) is 1.04. The first-order valence-corrected chi connectivity index (χ1v) is 10.1. The van der Waals surface area contributed by atoms with Gasteiger partial charge in [0.05, 0.1) is 6.61 Å². The number of aryl methyl sites for hydroxylation is 2. The minimum Gasteiger partial charge on any atom is -0.494 e. The summed E-state index contributed by atoms with van der Waals surface area (Å²) in [4.78, 5) is 11.3. The van der Waals surface area contributed by atoms with Gasteiger partial charge in [0.1, 0.15) is 23.0 Å². The molecule has 1 aromatic heterocycles. The third kappa shape index (κ3) is 5.41. The van der Waals surface area contributed by atoms with Crippen LogP contribution in [0.15, 0.2) is 59.1 Å². The molecule has 0 fully saturated rings. The van der Waals surface area contributed by atoms with Crippen molar-refractivity contribution in [2.75, 3.05) is 6.61 Å². The van der Waals surface area contributed by atoms with Crippen LogP contribution in [0.1, 0.15) is 38.0 Å². The van der Waals surface area contributed by atoms with Crippen LogP contribution in [0.25, 0.3) is 11.3 Å². The van der Waals surface area contributed by atoms with Crippen molar-refractivity contribution in [2.45, 2.75) is 45.6 Å². The Morgan fingerprint density at radius 3 is 2.40 bits per heavy atom. The predicted octanol–water partition coefficient (Wildman–Crippen LogP) is 5.29. The van der Waals surface area contributed by atoms with Crippen molar-refractivity contribution in [3.05, 3.63) is 65.9 Å². The van der Waals surface area contributed by atoms with Crippen LogP contribution in [-0.2, 0) is 11.2 Å². The van der Waals surface area contributed by atoms with Crippen molar-refractivity contribution < 1.29 is 23.9 Å². The molecular formula is C24H27NO5. The van der Waals surface area contributed by atoms with E-state index in [1.165, 1.54) is 5.56 Å². The number of benzene rings is 2. The second-order valence-electron chi connectivity index (χ2n) is 7.46. The maximum Gasteiger partial charge on any atom is 0.347 e. The Labute approximate surface area is 176 Å². The van der Waals surface area contributed by atoms with Gasteiger partial charge < -0.3 is 19.1 Å². The molecule has 1 heterocycles. The van der Waals surface area contributed by atoms with Gasteiger partial charge in [-0.1, -0.05) is 41.9 Å². The summed E-state index contributed by atoms with van der Waals surface area (Å²) in [6.45, 7) is 5.93. The van der Waals surface area contributed by atoms with Crippen molar-refractivity contribution in [2.24, 2.45) is 0 Å². The topological polar surface area (TPSA) is 81.8 Å². The van der Waals surface area contributed by atoms with E-state index in [1.807, 2.05) is 18.2 Å². The average molecular weight is 409 g/mol. The van der Waals surface area contributed by atoms with Gasteiger partial charge in [-0.05, 0) is 51.0 Å². The van der Waals surface area contributed by atoms with Crippen molar-refractivity contribution >= 4 is 5.97 Å². The summed E-state index contributed by atoms with van der Waals surface area (Å²) in [6.07, 6.45) is 1.88. The largest absolute Gasteiger partial charge is 0.494 e. The molecule has 6 heteroatoms. The highest BCUT2D eigenvalue weighted by Gasteiger charge is 2.33. The SMILES string of the molecule is CCC(C)(Oc1ccc(OCCCc2cc(-c3ccc(C)cc3)no2)cc1)C(=O)O. The quantitative estimate of drug-likeness (QED) is 0.458. The highest BCUT2D eigenvalue weighted by Crippen LogP contribution is 2.24. The zero-order chi connectivity index (χ0) is 21.6. The number of carbonyl (C=O) groups is 1. The Morgan fingerprint density at radius 1 is 1.10 bits per heavy atom. The van der Waals surface area contributed by atoms with Gasteiger partial charge in [0.25, 0.3) is 0 Å². The number of nitrogens with zero attached hydrogens (tertiary/aromatic N) is 1. The predicted molar refractivity (Wildman–Crippen MR) is 114 cm³/mol. The molecule has 2 aromatic carbocycles. The van der Waals surface area contributed by atoms with E-state index < -0.39 is 11.6 Å². The smallest absolute Gasteiger partial charge is 0.347 e. The number of hydrogen-bond donors (Lipinski definition) is 1. The molecule has 30 heavy (non-hydrogen) atoms. The standard InChI is InChI=1S/C24H27NO5/c1-4-24(3,23(26)27)29-20-13-11-19(12-14-20)28-15-5-6-21-16-22(25-30-21)18-9-7-17(2)8-10-18/h7-14,16H,4-6,15H2,1-3H3,(H,26,27). The monoisotopic (exact) mass is 409 g/mol. The normalized spacial score (nSPS) is 12.9. The summed E-state index contributed by atoms with van der Waals surface area (Å²) >= 11 is 0. The highest BCUT2D eigenvalue weighted by atomic mass is 16.5. The fourth-order valence-electron chi connectivity index (χ4n) is 2.86. The highest BCUT2D eigenvalue weighted by molar-refractivity contribution is 5.77. The Hall–Kier alpha value is -3.28. The molecule has 0 aliphatic rings. The maximum atomic E-state index is 11.3. The number of aliphatic carboxylic acids is 1. The fraction of sp³-hybridized carbons (Fsp3) is 0.333. The maximum absolute atomic E-state index is 11.3. The minimum absolute atomic E-state index is 0.369. The van der Waals surface area contributed by atoms with Crippen LogP contribution in [0.3, 0.4) is 0 Å². The Morgan fingerprint density at radius 2 is 1.77 bits per heavy atom. The molecule has 3 rings (SSSR count). The van der Waals surface area contributed by atoms with Gasteiger partial charge in [-0.3, -0.25) is 0 Å². The molecule has 0 radical (unpaired) electrons. The molecule has 1 N–H and O–H groups in total. The van der Waals surface area contributed by atoms with Gasteiger partial charge in [0.15, 0.2) is 0 Å². The lowest BCUT2D eigenvalue weighted by molar-refractivity contribution is -0.154. The lowest BCUT2D eigenvalue weighted by Gasteiger charge is -2.24. The van der Waals surface area contributed by atoms with E-state index in [0.29, 0.717) is 24.5 Å². The van der Waals surface area contributed by atoms with Crippen molar-refractivity contribution in [3.8, 4) is 22.8 Å². The third-order valence-electron chi connectivity index (χ3n) is 5.04. The number of ether oxygens (including phenoxy) is 2. The number of carboxylic acids is 1. The molecule has 1 unspecified atom stereocenters. The summed E-state index contributed by atoms with van der Waals surface area (Å²) in [7, 11) is 0. The minimum atomic E-state index is -1.24. The molecule has 0 saturated heterocycles. The van der Waals surface area contributed by atoms with Crippen LogP contribution in [0, 0.1) is 6.92 Å². The Balaban J connectivity index is 1.46. The van der Waals surface area contributed by atoms with Crippen LogP contribution in [0.4, 0.5) is 0 Å². The molecule has 1 atom stereocenters. The van der Waals surface area contributed by atoms with Crippen molar-refractivity contribution in [1.29, 1.82) is 0 Å². The van der Waals surface area contributed by atoms with E-state index in [2.05, 4.69) is 24.2 Å². The second kappa shape index (κ2) is 9.48. The molecular weight excluding hydrogens is 382 g/mol. The summed E-state index contributed by atoms with van der Waals surface area (Å²) in [6, 6.07) is 17.1. The molecule has 0 aliphatic carbocycles. The lowest BCUT2D eigenvalue weighted by Crippen LogP contribution is -2.40. The van der Waals surface area contributed by atoms with Crippen LogP contribution < -0.4 is 9.47 Å². The van der Waals surface area contributed by atoms with Gasteiger partial charge >= 0.3 is 5.97 Å². The molecule has 6 nitrogen and oxygen atoms in total. The van der Waals surface area contributed by atoms with Crippen molar-refractivity contribution in [3.63, 3.8) is 0 Å². The van der Waals surface area contributed by atoms with E-state index >= 15 is 0 Å². The zero-order valence-corrected chi connectivity index (χ0v) is 17.6. The number of carboxylic acid groups (broad SMARTS) is 1. The number of hydrogen-bond acceptors (Lipinski definition) is 5. The molecule has 0 saturated carbocycles. The van der Waals surface area contributed by atoms with Crippen LogP contribution >= 0.6 is 0 Å². The van der Waals surface area contributed by atoms with Crippen molar-refractivity contribution in [1.82, 2.24) is 5.16 Å². The van der Waals surface area contributed by atoms with Gasteiger partial charge in [-0.25, -0.2) is 4.79 Å². The number of aromatic nitrogens is 1. The van der Waals surface area contributed by atoms with E-state index in [0.717, 1.165) is 29.9 Å². The Kier molecular flexibility index (Phi) is 6.77. The molecule has 3 aromatic rings. The zero-order valence-electron chi connectivity index (χ0n) is 17.6. The third-order valence-corrected chi connectivity index (χ3v) is 5.04. The van der Waals surface area contributed by atoms with Crippen LogP contribution in [-0.4, -0.2) is 28.4 Å². The lowest BCUT2D eigenvalue weighted by atomic mass is 10.0. The number of rotatable bonds is 10. The van der Waals surface area contributed by atoms with Gasteiger partial charge in [-0.15, -0.1) is 0 Å². The summed E-state index contributed by atoms with van der Waals surface area (Å²) in [5, 5.41) is 13.4. The molecule has 0 aliphatic heterocycles. The van der Waals surface area contributed by atoms with Crippen LogP contribution in [0.5, 0.6) is 11.5 Å².